The Hall–Kier alpha value is -2.04. The van der Waals surface area contributed by atoms with Gasteiger partial charge in [0.2, 0.25) is 15.3 Å². The third kappa shape index (κ3) is 4.67. The molecule has 0 amide bonds. The molecule has 1 unspecified atom stereocenters. The summed E-state index contributed by atoms with van der Waals surface area (Å²) in [5.41, 5.74) is 1.85. The zero-order valence-electron chi connectivity index (χ0n) is 17.3. The van der Waals surface area contributed by atoms with Crippen molar-refractivity contribution in [1.29, 1.82) is 0 Å². The molecule has 2 aromatic heterocycles. The van der Waals surface area contributed by atoms with E-state index in [9.17, 15) is 8.42 Å². The molecule has 1 saturated heterocycles. The van der Waals surface area contributed by atoms with Gasteiger partial charge in [-0.15, -0.1) is 0 Å². The minimum Gasteiger partial charge on any atom is -0.438 e. The molecule has 4 rings (SSSR count). The lowest BCUT2D eigenvalue weighted by Crippen LogP contribution is -2.21. The van der Waals surface area contributed by atoms with Crippen LogP contribution in [0.15, 0.2) is 34.9 Å². The second kappa shape index (κ2) is 9.44. The van der Waals surface area contributed by atoms with E-state index in [-0.39, 0.29) is 22.6 Å². The first kappa shape index (κ1) is 23.1. The van der Waals surface area contributed by atoms with E-state index in [1.54, 1.807) is 31.2 Å². The summed E-state index contributed by atoms with van der Waals surface area (Å²) < 4.78 is 35.9. The largest absolute Gasteiger partial charge is 0.438 e. The number of nitrogens with two attached hydrogens (primary N) is 1. The number of benzene rings is 1. The number of nitrogens with zero attached hydrogens (tertiary/aromatic N) is 3. The molecule has 3 heterocycles. The maximum absolute atomic E-state index is 12.1. The fraction of sp³-hybridized carbons (Fsp3) is 0.381. The third-order valence-corrected chi connectivity index (χ3v) is 7.46. The average Bonchev–Trinajstić information content (AvgIpc) is 3.20. The van der Waals surface area contributed by atoms with Gasteiger partial charge in [0.1, 0.15) is 16.6 Å². The van der Waals surface area contributed by atoms with Crippen LogP contribution in [0.5, 0.6) is 0 Å². The number of rotatable bonds is 6. The Morgan fingerprint density at radius 2 is 1.94 bits per heavy atom. The van der Waals surface area contributed by atoms with Crippen LogP contribution in [0.2, 0.25) is 10.3 Å². The summed E-state index contributed by atoms with van der Waals surface area (Å²) in [6.07, 6.45) is 3.36. The van der Waals surface area contributed by atoms with E-state index in [0.717, 1.165) is 12.8 Å². The fourth-order valence-electron chi connectivity index (χ4n) is 3.88. The molecule has 2 N–H and O–H groups in total. The lowest BCUT2D eigenvalue weighted by Gasteiger charge is -2.18. The molecule has 1 aliphatic heterocycles. The summed E-state index contributed by atoms with van der Waals surface area (Å²) in [6, 6.07) is 6.81. The van der Waals surface area contributed by atoms with E-state index in [0.29, 0.717) is 47.4 Å². The number of ether oxygens (including phenoxy) is 1. The SMILES string of the molecule is CCC(c1cccc(-c2nc(C3CCOCC3)oc2-c2ccnc(Cl)n2)c1Cl)S(N)(=O)=O. The van der Waals surface area contributed by atoms with Crippen LogP contribution in [-0.4, -0.2) is 36.6 Å². The molecule has 1 atom stereocenters. The molecule has 0 bridgehead atoms. The Morgan fingerprint density at radius 1 is 1.19 bits per heavy atom. The summed E-state index contributed by atoms with van der Waals surface area (Å²) >= 11 is 12.7. The highest BCUT2D eigenvalue weighted by Gasteiger charge is 2.29. The van der Waals surface area contributed by atoms with Crippen LogP contribution in [0.4, 0.5) is 0 Å². The summed E-state index contributed by atoms with van der Waals surface area (Å²) in [7, 11) is -3.85. The van der Waals surface area contributed by atoms with E-state index < -0.39 is 15.3 Å². The first-order valence-electron chi connectivity index (χ1n) is 10.2. The molecule has 0 radical (unpaired) electrons. The topological polar surface area (TPSA) is 121 Å². The molecule has 1 aliphatic rings. The smallest absolute Gasteiger partial charge is 0.222 e. The van der Waals surface area contributed by atoms with Crippen LogP contribution in [0.1, 0.15) is 48.8 Å². The Balaban J connectivity index is 1.89. The molecule has 0 saturated carbocycles. The number of sulfonamides is 1. The van der Waals surface area contributed by atoms with Gasteiger partial charge in [0.05, 0.1) is 5.02 Å². The van der Waals surface area contributed by atoms with Gasteiger partial charge in [-0.25, -0.2) is 28.5 Å². The molecule has 1 aromatic carbocycles. The maximum Gasteiger partial charge on any atom is 0.222 e. The van der Waals surface area contributed by atoms with Crippen molar-refractivity contribution in [2.75, 3.05) is 13.2 Å². The maximum atomic E-state index is 12.1. The van der Waals surface area contributed by atoms with Crippen LogP contribution in [0, 0.1) is 0 Å². The molecule has 32 heavy (non-hydrogen) atoms. The molecule has 8 nitrogen and oxygen atoms in total. The molecule has 170 valence electrons. The summed E-state index contributed by atoms with van der Waals surface area (Å²) in [4.78, 5) is 13.0. The van der Waals surface area contributed by atoms with Crippen LogP contribution < -0.4 is 5.14 Å². The summed E-state index contributed by atoms with van der Waals surface area (Å²) in [6.45, 7) is 2.99. The van der Waals surface area contributed by atoms with Crippen LogP contribution in [-0.2, 0) is 14.8 Å². The second-order valence-electron chi connectivity index (χ2n) is 7.52. The van der Waals surface area contributed by atoms with E-state index in [1.165, 1.54) is 6.20 Å². The number of oxazole rings is 1. The van der Waals surface area contributed by atoms with Crippen molar-refractivity contribution in [3.63, 3.8) is 0 Å². The molecule has 1 fully saturated rings. The van der Waals surface area contributed by atoms with Gasteiger partial charge in [0.25, 0.3) is 0 Å². The van der Waals surface area contributed by atoms with Crippen molar-refractivity contribution in [2.45, 2.75) is 37.4 Å². The van der Waals surface area contributed by atoms with E-state index in [2.05, 4.69) is 9.97 Å². The minimum atomic E-state index is -3.85. The molecular formula is C21H22Cl2N4O4S. The van der Waals surface area contributed by atoms with Crippen LogP contribution in [0.25, 0.3) is 22.7 Å². The highest BCUT2D eigenvalue weighted by Crippen LogP contribution is 2.42. The van der Waals surface area contributed by atoms with E-state index in [1.807, 2.05) is 0 Å². The van der Waals surface area contributed by atoms with E-state index >= 15 is 0 Å². The van der Waals surface area contributed by atoms with Gasteiger partial charge in [0, 0.05) is 30.9 Å². The van der Waals surface area contributed by atoms with Crippen molar-refractivity contribution in [3.05, 3.63) is 52.2 Å². The number of halogens is 2. The molecule has 11 heteroatoms. The second-order valence-corrected chi connectivity index (χ2v) is 9.99. The van der Waals surface area contributed by atoms with Gasteiger partial charge in [-0.05, 0) is 42.5 Å². The lowest BCUT2D eigenvalue weighted by molar-refractivity contribution is 0.0796. The summed E-state index contributed by atoms with van der Waals surface area (Å²) in [5.74, 6) is 1.02. The predicted octanol–water partition coefficient (Wildman–Crippen LogP) is 4.74. The van der Waals surface area contributed by atoms with Crippen LogP contribution in [0.3, 0.4) is 0 Å². The van der Waals surface area contributed by atoms with Gasteiger partial charge < -0.3 is 9.15 Å². The number of primary sulfonamides is 1. The zero-order valence-corrected chi connectivity index (χ0v) is 19.6. The molecule has 0 spiro atoms. The molecule has 3 aromatic rings. The Morgan fingerprint density at radius 3 is 2.59 bits per heavy atom. The Bertz CT molecular complexity index is 1230. The fourth-order valence-corrected chi connectivity index (χ4v) is 5.46. The lowest BCUT2D eigenvalue weighted by atomic mass is 10.0. The minimum absolute atomic E-state index is 0.0672. The third-order valence-electron chi connectivity index (χ3n) is 5.47. The van der Waals surface area contributed by atoms with Gasteiger partial charge in [-0.1, -0.05) is 36.7 Å². The Kier molecular flexibility index (Phi) is 6.83. The average molecular weight is 497 g/mol. The highest BCUT2D eigenvalue weighted by molar-refractivity contribution is 7.89. The molecular weight excluding hydrogens is 475 g/mol. The van der Waals surface area contributed by atoms with Gasteiger partial charge in [0.15, 0.2) is 11.7 Å². The van der Waals surface area contributed by atoms with E-state index in [4.69, 9.17) is 42.5 Å². The van der Waals surface area contributed by atoms with Gasteiger partial charge in [-0.3, -0.25) is 0 Å². The van der Waals surface area contributed by atoms with Crippen molar-refractivity contribution < 1.29 is 17.6 Å². The number of hydrogen-bond donors (Lipinski definition) is 1. The Labute approximate surface area is 196 Å². The first-order chi connectivity index (χ1) is 15.3. The van der Waals surface area contributed by atoms with Gasteiger partial charge >= 0.3 is 0 Å². The summed E-state index contributed by atoms with van der Waals surface area (Å²) in [5, 5.41) is 4.84. The predicted molar refractivity (Wildman–Crippen MR) is 122 cm³/mol. The zero-order chi connectivity index (χ0) is 22.9. The van der Waals surface area contributed by atoms with Crippen molar-refractivity contribution in [3.8, 4) is 22.7 Å². The standard InChI is InChI=1S/C21H22Cl2N4O4S/c1-2-16(32(24,28)29)13-4-3-5-14(17(13)22)18-19(15-6-9-25-21(23)26-15)31-20(27-18)12-7-10-30-11-8-12/h3-6,9,12,16H,2,7-8,10-11H2,1H3,(H2,24,28,29). The molecule has 0 aliphatic carbocycles. The monoisotopic (exact) mass is 496 g/mol. The van der Waals surface area contributed by atoms with Gasteiger partial charge in [-0.2, -0.15) is 0 Å². The first-order valence-corrected chi connectivity index (χ1v) is 12.5. The normalized spacial score (nSPS) is 16.2. The number of aromatic nitrogens is 3. The van der Waals surface area contributed by atoms with Crippen molar-refractivity contribution >= 4 is 33.2 Å². The van der Waals surface area contributed by atoms with Crippen LogP contribution >= 0.6 is 23.2 Å². The number of hydrogen-bond acceptors (Lipinski definition) is 7. The highest BCUT2D eigenvalue weighted by atomic mass is 35.5. The van der Waals surface area contributed by atoms with Crippen molar-refractivity contribution in [1.82, 2.24) is 15.0 Å². The van der Waals surface area contributed by atoms with Crippen molar-refractivity contribution in [2.24, 2.45) is 5.14 Å². The quantitative estimate of drug-likeness (QED) is 0.488.